The summed E-state index contributed by atoms with van der Waals surface area (Å²) in [5.41, 5.74) is 1.05. The van der Waals surface area contributed by atoms with Gasteiger partial charge in [0.2, 0.25) is 5.91 Å². The molecule has 4 rings (SSSR count). The van der Waals surface area contributed by atoms with E-state index in [2.05, 4.69) is 4.98 Å². The van der Waals surface area contributed by atoms with E-state index in [1.54, 1.807) is 24.5 Å². The van der Waals surface area contributed by atoms with Crippen molar-refractivity contribution >= 4 is 5.91 Å². The molecule has 24 heavy (non-hydrogen) atoms. The van der Waals surface area contributed by atoms with E-state index in [9.17, 15) is 9.18 Å². The standard InChI is InChI=1S/C19H19FN2O2/c20-14-3-1-13(2-4-14)17-11-18(17)19(23)22-10-7-16(12-22)24-15-5-8-21-9-6-15/h1-6,8-9,16-18H,7,10-12H2/t16-,17+,18+/m1/s1. The zero-order valence-electron chi connectivity index (χ0n) is 13.3. The molecule has 0 unspecified atom stereocenters. The molecule has 0 spiro atoms. The number of hydrogen-bond acceptors (Lipinski definition) is 3. The second-order valence-corrected chi connectivity index (χ2v) is 6.50. The summed E-state index contributed by atoms with van der Waals surface area (Å²) in [6, 6.07) is 10.2. The Hall–Kier alpha value is -2.43. The Kier molecular flexibility index (Phi) is 3.92. The molecule has 1 saturated heterocycles. The van der Waals surface area contributed by atoms with Crippen LogP contribution in [0.3, 0.4) is 0 Å². The van der Waals surface area contributed by atoms with Crippen molar-refractivity contribution in [3.8, 4) is 5.75 Å². The Morgan fingerprint density at radius 3 is 2.67 bits per heavy atom. The Morgan fingerprint density at radius 1 is 1.17 bits per heavy atom. The summed E-state index contributed by atoms with van der Waals surface area (Å²) in [7, 11) is 0. The summed E-state index contributed by atoms with van der Waals surface area (Å²) in [4.78, 5) is 18.5. The maximum atomic E-state index is 13.0. The molecule has 1 amide bonds. The van der Waals surface area contributed by atoms with Crippen LogP contribution in [-0.2, 0) is 4.79 Å². The molecule has 2 aromatic rings. The van der Waals surface area contributed by atoms with Gasteiger partial charge in [-0.15, -0.1) is 0 Å². The summed E-state index contributed by atoms with van der Waals surface area (Å²) < 4.78 is 18.9. The molecule has 4 nitrogen and oxygen atoms in total. The summed E-state index contributed by atoms with van der Waals surface area (Å²) in [5.74, 6) is 1.02. The largest absolute Gasteiger partial charge is 0.488 e. The van der Waals surface area contributed by atoms with Gasteiger partial charge in [-0.1, -0.05) is 12.1 Å². The number of amides is 1. The molecule has 5 heteroatoms. The Bertz CT molecular complexity index is 720. The lowest BCUT2D eigenvalue weighted by Crippen LogP contribution is -2.32. The first-order valence-electron chi connectivity index (χ1n) is 8.31. The number of likely N-dealkylation sites (tertiary alicyclic amines) is 1. The number of carbonyl (C=O) groups excluding carboxylic acids is 1. The van der Waals surface area contributed by atoms with E-state index in [-0.39, 0.29) is 29.7 Å². The normalized spacial score (nSPS) is 25.5. The van der Waals surface area contributed by atoms with Crippen molar-refractivity contribution in [2.45, 2.75) is 24.9 Å². The van der Waals surface area contributed by atoms with Crippen LogP contribution < -0.4 is 4.74 Å². The molecule has 1 aliphatic carbocycles. The molecular weight excluding hydrogens is 307 g/mol. The monoisotopic (exact) mass is 326 g/mol. The Morgan fingerprint density at radius 2 is 1.92 bits per heavy atom. The number of halogens is 1. The number of benzene rings is 1. The van der Waals surface area contributed by atoms with Crippen molar-refractivity contribution < 1.29 is 13.9 Å². The highest BCUT2D eigenvalue weighted by Crippen LogP contribution is 2.48. The quantitative estimate of drug-likeness (QED) is 0.867. The molecule has 2 aliphatic rings. The van der Waals surface area contributed by atoms with Crippen molar-refractivity contribution in [3.63, 3.8) is 0 Å². The van der Waals surface area contributed by atoms with Crippen molar-refractivity contribution in [1.82, 2.24) is 9.88 Å². The maximum absolute atomic E-state index is 13.0. The fourth-order valence-corrected chi connectivity index (χ4v) is 3.41. The topological polar surface area (TPSA) is 42.4 Å². The van der Waals surface area contributed by atoms with E-state index < -0.39 is 0 Å². The van der Waals surface area contributed by atoms with E-state index in [1.807, 2.05) is 17.0 Å². The highest BCUT2D eigenvalue weighted by atomic mass is 19.1. The van der Waals surface area contributed by atoms with Gasteiger partial charge in [-0.25, -0.2) is 4.39 Å². The first kappa shape index (κ1) is 15.1. The van der Waals surface area contributed by atoms with Crippen LogP contribution in [-0.4, -0.2) is 35.0 Å². The first-order chi connectivity index (χ1) is 11.7. The summed E-state index contributed by atoms with van der Waals surface area (Å²) in [6.45, 7) is 1.37. The third-order valence-electron chi connectivity index (χ3n) is 4.81. The highest BCUT2D eigenvalue weighted by molar-refractivity contribution is 5.83. The van der Waals surface area contributed by atoms with Crippen molar-refractivity contribution in [3.05, 3.63) is 60.2 Å². The van der Waals surface area contributed by atoms with Gasteiger partial charge < -0.3 is 9.64 Å². The fraction of sp³-hybridized carbons (Fsp3) is 0.368. The Balaban J connectivity index is 1.33. The average molecular weight is 326 g/mol. The van der Waals surface area contributed by atoms with Crippen LogP contribution in [0.4, 0.5) is 4.39 Å². The highest BCUT2D eigenvalue weighted by Gasteiger charge is 2.46. The lowest BCUT2D eigenvalue weighted by atomic mass is 10.1. The number of pyridine rings is 1. The molecule has 0 radical (unpaired) electrons. The van der Waals surface area contributed by atoms with E-state index >= 15 is 0 Å². The van der Waals surface area contributed by atoms with Gasteiger partial charge in [0.05, 0.1) is 6.54 Å². The third kappa shape index (κ3) is 3.11. The minimum Gasteiger partial charge on any atom is -0.488 e. The first-order valence-corrected chi connectivity index (χ1v) is 8.31. The average Bonchev–Trinajstić information content (AvgIpc) is 3.27. The fourth-order valence-electron chi connectivity index (χ4n) is 3.41. The minimum atomic E-state index is -0.238. The van der Waals surface area contributed by atoms with Crippen LogP contribution in [0.15, 0.2) is 48.8 Å². The predicted molar refractivity (Wildman–Crippen MR) is 87.1 cm³/mol. The molecule has 2 fully saturated rings. The Labute approximate surface area is 140 Å². The number of ether oxygens (including phenoxy) is 1. The zero-order valence-corrected chi connectivity index (χ0v) is 13.3. The smallest absolute Gasteiger partial charge is 0.226 e. The van der Waals surface area contributed by atoms with Gasteiger partial charge in [0.1, 0.15) is 17.7 Å². The lowest BCUT2D eigenvalue weighted by Gasteiger charge is -2.17. The second-order valence-electron chi connectivity index (χ2n) is 6.50. The minimum absolute atomic E-state index is 0.0372. The van der Waals surface area contributed by atoms with Crippen LogP contribution in [0, 0.1) is 11.7 Å². The number of aromatic nitrogens is 1. The number of carbonyl (C=O) groups is 1. The summed E-state index contributed by atoms with van der Waals surface area (Å²) in [5, 5.41) is 0. The van der Waals surface area contributed by atoms with Crippen molar-refractivity contribution in [2.24, 2.45) is 5.92 Å². The molecule has 1 aromatic heterocycles. The predicted octanol–water partition coefficient (Wildman–Crippen LogP) is 3.00. The van der Waals surface area contributed by atoms with E-state index in [0.29, 0.717) is 6.54 Å². The van der Waals surface area contributed by atoms with Gasteiger partial charge in [0, 0.05) is 31.3 Å². The SMILES string of the molecule is O=C([C@H]1C[C@H]1c1ccc(F)cc1)N1CC[C@@H](Oc2ccncc2)C1. The summed E-state index contributed by atoms with van der Waals surface area (Å²) in [6.07, 6.45) is 5.15. The molecule has 0 N–H and O–H groups in total. The van der Waals surface area contributed by atoms with Crippen molar-refractivity contribution in [2.75, 3.05) is 13.1 Å². The van der Waals surface area contributed by atoms with Gasteiger partial charge in [0.25, 0.3) is 0 Å². The van der Waals surface area contributed by atoms with E-state index in [4.69, 9.17) is 4.74 Å². The number of hydrogen-bond donors (Lipinski definition) is 0. The molecule has 0 bridgehead atoms. The van der Waals surface area contributed by atoms with Gasteiger partial charge in [-0.3, -0.25) is 9.78 Å². The molecule has 1 aliphatic heterocycles. The second kappa shape index (κ2) is 6.23. The third-order valence-corrected chi connectivity index (χ3v) is 4.81. The molecular formula is C19H19FN2O2. The lowest BCUT2D eigenvalue weighted by molar-refractivity contribution is -0.131. The van der Waals surface area contributed by atoms with Crippen molar-refractivity contribution in [1.29, 1.82) is 0 Å². The van der Waals surface area contributed by atoms with Gasteiger partial charge in [-0.05, 0) is 42.2 Å². The van der Waals surface area contributed by atoms with Crippen LogP contribution in [0.2, 0.25) is 0 Å². The maximum Gasteiger partial charge on any atom is 0.226 e. The molecule has 2 heterocycles. The number of nitrogens with zero attached hydrogens (tertiary/aromatic N) is 2. The van der Waals surface area contributed by atoms with E-state index in [1.165, 1.54) is 12.1 Å². The van der Waals surface area contributed by atoms with Gasteiger partial charge in [-0.2, -0.15) is 0 Å². The van der Waals surface area contributed by atoms with Crippen LogP contribution in [0.25, 0.3) is 0 Å². The summed E-state index contributed by atoms with van der Waals surface area (Å²) >= 11 is 0. The van der Waals surface area contributed by atoms with Gasteiger partial charge in [0.15, 0.2) is 0 Å². The molecule has 124 valence electrons. The van der Waals surface area contributed by atoms with Crippen LogP contribution in [0.5, 0.6) is 5.75 Å². The van der Waals surface area contributed by atoms with Crippen LogP contribution in [0.1, 0.15) is 24.3 Å². The molecule has 3 atom stereocenters. The zero-order chi connectivity index (χ0) is 16.5. The number of rotatable bonds is 4. The molecule has 1 aromatic carbocycles. The van der Waals surface area contributed by atoms with Gasteiger partial charge >= 0.3 is 0 Å². The van der Waals surface area contributed by atoms with E-state index in [0.717, 1.165) is 30.7 Å². The molecule has 1 saturated carbocycles. The van der Waals surface area contributed by atoms with Crippen LogP contribution >= 0.6 is 0 Å².